The average molecular weight is 546 g/mol. The molecule has 2 aromatic rings. The molecule has 0 spiro atoms. The van der Waals surface area contributed by atoms with Crippen molar-refractivity contribution in [2.24, 2.45) is 4.99 Å². The second-order valence-corrected chi connectivity index (χ2v) is 12.9. The predicted octanol–water partition coefficient (Wildman–Crippen LogP) is 2.63. The highest BCUT2D eigenvalue weighted by molar-refractivity contribution is 7.86. The molecule has 3 N–H and O–H groups in total. The molecule has 11 nitrogen and oxygen atoms in total. The van der Waals surface area contributed by atoms with Crippen molar-refractivity contribution >= 4 is 53.7 Å². The standard InChI is InChI=1S/C21H24N2O9S3/c1-21(2)19(9-10-22-15-7-4-3-5-8-15)23(11-6-12-33(24,25)26)17-13-16(34(27,28)29)14-18(20(17)21)35(30,31)32/h3-5,7-8,10,13-14H,6,9,11-12H2,1-2H3,(H2-,24,25,26,27,28,29,30,31,32)/p+1. The van der Waals surface area contributed by atoms with Gasteiger partial charge in [0.2, 0.25) is 5.69 Å². The Bertz CT molecular complexity index is 1530. The van der Waals surface area contributed by atoms with Crippen LogP contribution in [-0.2, 0) is 35.8 Å². The first-order chi connectivity index (χ1) is 16.0. The van der Waals surface area contributed by atoms with E-state index in [1.807, 2.05) is 6.07 Å². The molecule has 1 heterocycles. The molecule has 35 heavy (non-hydrogen) atoms. The Kier molecular flexibility index (Phi) is 7.37. The summed E-state index contributed by atoms with van der Waals surface area (Å²) in [5, 5.41) is 0. The van der Waals surface area contributed by atoms with E-state index >= 15 is 0 Å². The summed E-state index contributed by atoms with van der Waals surface area (Å²) >= 11 is 0. The van der Waals surface area contributed by atoms with E-state index in [0.29, 0.717) is 17.5 Å². The Morgan fingerprint density at radius 3 is 2.11 bits per heavy atom. The molecule has 0 unspecified atom stereocenters. The maximum atomic E-state index is 12.2. The van der Waals surface area contributed by atoms with Crippen molar-refractivity contribution in [1.29, 1.82) is 0 Å². The average Bonchev–Trinajstić information content (AvgIpc) is 2.93. The van der Waals surface area contributed by atoms with Gasteiger partial charge in [0, 0.05) is 18.7 Å². The Labute approximate surface area is 204 Å². The van der Waals surface area contributed by atoms with Gasteiger partial charge in [-0.25, -0.2) is 0 Å². The molecule has 0 atom stereocenters. The van der Waals surface area contributed by atoms with Gasteiger partial charge in [0.15, 0.2) is 5.71 Å². The van der Waals surface area contributed by atoms with E-state index in [-0.39, 0.29) is 30.6 Å². The fraction of sp³-hybridized carbons (Fsp3) is 0.333. The highest BCUT2D eigenvalue weighted by Gasteiger charge is 2.49. The zero-order chi connectivity index (χ0) is 26.2. The molecule has 0 saturated carbocycles. The van der Waals surface area contributed by atoms with Crippen molar-refractivity contribution in [1.82, 2.24) is 0 Å². The molecule has 190 valence electrons. The number of hydrogen-bond acceptors (Lipinski definition) is 7. The maximum absolute atomic E-state index is 12.2. The van der Waals surface area contributed by atoms with E-state index in [4.69, 9.17) is 4.55 Å². The minimum atomic E-state index is -4.92. The highest BCUT2D eigenvalue weighted by Crippen LogP contribution is 2.45. The number of para-hydroxylation sites is 1. The van der Waals surface area contributed by atoms with Gasteiger partial charge in [0.05, 0.1) is 28.8 Å². The van der Waals surface area contributed by atoms with E-state index in [2.05, 4.69) is 4.99 Å². The van der Waals surface area contributed by atoms with Gasteiger partial charge in [0.1, 0.15) is 16.3 Å². The topological polar surface area (TPSA) is 178 Å². The molecule has 0 radical (unpaired) electrons. The van der Waals surface area contributed by atoms with Gasteiger partial charge in [-0.1, -0.05) is 18.2 Å². The SMILES string of the molecule is CC1(C)C(CC=Nc2ccccc2)=[N+](CCCS(=O)(=O)O)c2cc(S(=O)(=O)O)cc(S(=O)(=O)O)c21. The van der Waals surface area contributed by atoms with E-state index in [1.165, 1.54) is 4.58 Å². The van der Waals surface area contributed by atoms with Crippen molar-refractivity contribution in [2.75, 3.05) is 12.3 Å². The molecule has 0 fully saturated rings. The smallest absolute Gasteiger partial charge is 0.286 e. The van der Waals surface area contributed by atoms with Gasteiger partial charge in [-0.3, -0.25) is 18.7 Å². The molecule has 1 aliphatic rings. The Morgan fingerprint density at radius 1 is 0.943 bits per heavy atom. The number of rotatable bonds is 9. The van der Waals surface area contributed by atoms with Crippen LogP contribution in [0.25, 0.3) is 0 Å². The Balaban J connectivity index is 2.22. The van der Waals surface area contributed by atoms with E-state index < -0.39 is 51.3 Å². The molecule has 0 aliphatic carbocycles. The summed E-state index contributed by atoms with van der Waals surface area (Å²) < 4.78 is 101. The number of fused-ring (bicyclic) bond motifs is 1. The molecule has 1 aliphatic heterocycles. The van der Waals surface area contributed by atoms with Crippen LogP contribution in [0.2, 0.25) is 0 Å². The minimum Gasteiger partial charge on any atom is -0.286 e. The fourth-order valence-electron chi connectivity index (χ4n) is 4.17. The van der Waals surface area contributed by atoms with Gasteiger partial charge in [0.25, 0.3) is 30.4 Å². The molecule has 0 saturated heterocycles. The van der Waals surface area contributed by atoms with E-state index in [1.54, 1.807) is 44.3 Å². The lowest BCUT2D eigenvalue weighted by molar-refractivity contribution is -0.439. The van der Waals surface area contributed by atoms with Crippen LogP contribution in [0.3, 0.4) is 0 Å². The van der Waals surface area contributed by atoms with Crippen molar-refractivity contribution in [3.8, 4) is 0 Å². The van der Waals surface area contributed by atoms with Crippen LogP contribution < -0.4 is 0 Å². The van der Waals surface area contributed by atoms with Crippen molar-refractivity contribution in [3.63, 3.8) is 0 Å². The molecular formula is C21H25N2O9S3+. The fourth-order valence-corrected chi connectivity index (χ4v) is 6.16. The number of nitrogens with zero attached hydrogens (tertiary/aromatic N) is 2. The van der Waals surface area contributed by atoms with Gasteiger partial charge in [-0.2, -0.15) is 29.8 Å². The van der Waals surface area contributed by atoms with Gasteiger partial charge >= 0.3 is 0 Å². The molecular weight excluding hydrogens is 520 g/mol. The first-order valence-corrected chi connectivity index (χ1v) is 14.8. The van der Waals surface area contributed by atoms with E-state index in [0.717, 1.165) is 6.07 Å². The third-order valence-electron chi connectivity index (χ3n) is 5.66. The normalized spacial score (nSPS) is 16.1. The van der Waals surface area contributed by atoms with Crippen LogP contribution >= 0.6 is 0 Å². The van der Waals surface area contributed by atoms with Gasteiger partial charge < -0.3 is 0 Å². The van der Waals surface area contributed by atoms with Crippen LogP contribution in [0, 0.1) is 0 Å². The number of hydrogen-bond donors (Lipinski definition) is 3. The van der Waals surface area contributed by atoms with E-state index in [9.17, 15) is 34.4 Å². The third kappa shape index (κ3) is 6.20. The lowest BCUT2D eigenvalue weighted by atomic mass is 9.80. The van der Waals surface area contributed by atoms with Crippen molar-refractivity contribution in [2.45, 2.75) is 41.9 Å². The predicted molar refractivity (Wildman–Crippen MR) is 129 cm³/mol. The van der Waals surface area contributed by atoms with Crippen LogP contribution in [0.4, 0.5) is 11.4 Å². The monoisotopic (exact) mass is 545 g/mol. The first-order valence-electron chi connectivity index (χ1n) is 10.3. The van der Waals surface area contributed by atoms with Gasteiger partial charge in [-0.15, -0.1) is 0 Å². The molecule has 0 amide bonds. The lowest BCUT2D eigenvalue weighted by Gasteiger charge is -2.19. The van der Waals surface area contributed by atoms with Crippen LogP contribution in [0.15, 0.2) is 57.2 Å². The Morgan fingerprint density at radius 2 is 1.57 bits per heavy atom. The van der Waals surface area contributed by atoms with Crippen molar-refractivity contribution < 1.29 is 43.5 Å². The van der Waals surface area contributed by atoms with Crippen LogP contribution in [0.5, 0.6) is 0 Å². The first kappa shape index (κ1) is 27.1. The summed E-state index contributed by atoms with van der Waals surface area (Å²) in [7, 11) is -14.1. The Hall–Kier alpha value is -2.49. The van der Waals surface area contributed by atoms with Gasteiger partial charge in [-0.05, 0) is 32.0 Å². The molecule has 0 bridgehead atoms. The zero-order valence-electron chi connectivity index (χ0n) is 18.9. The molecule has 0 aromatic heterocycles. The summed E-state index contributed by atoms with van der Waals surface area (Å²) in [6.45, 7) is 3.30. The second kappa shape index (κ2) is 9.52. The summed E-state index contributed by atoms with van der Waals surface area (Å²) in [5.41, 5.74) is 0.282. The largest absolute Gasteiger partial charge is 0.295 e. The number of aliphatic imine (C=N–C) groups is 1. The summed E-state index contributed by atoms with van der Waals surface area (Å²) in [5.74, 6) is -0.589. The lowest BCUT2D eigenvalue weighted by Crippen LogP contribution is -2.31. The quantitative estimate of drug-likeness (QED) is 0.243. The summed E-state index contributed by atoms with van der Waals surface area (Å²) in [6.07, 6.45) is 1.66. The molecule has 2 aromatic carbocycles. The van der Waals surface area contributed by atoms with Crippen molar-refractivity contribution in [3.05, 3.63) is 48.0 Å². The number of benzene rings is 2. The molecule has 14 heteroatoms. The third-order valence-corrected chi connectivity index (χ3v) is 8.17. The molecule has 3 rings (SSSR count). The van der Waals surface area contributed by atoms with Crippen LogP contribution in [-0.4, -0.2) is 67.7 Å². The second-order valence-electron chi connectivity index (χ2n) is 8.48. The summed E-state index contributed by atoms with van der Waals surface area (Å²) in [4.78, 5) is 2.92. The zero-order valence-corrected chi connectivity index (χ0v) is 21.3. The highest BCUT2D eigenvalue weighted by atomic mass is 32.2. The van der Waals surface area contributed by atoms with Crippen LogP contribution in [0.1, 0.15) is 32.3 Å². The maximum Gasteiger partial charge on any atom is 0.295 e. The minimum absolute atomic E-state index is 0.0371. The summed E-state index contributed by atoms with van der Waals surface area (Å²) in [6, 6.07) is 10.7.